The summed E-state index contributed by atoms with van der Waals surface area (Å²) in [6, 6.07) is 14.7. The fraction of sp³-hybridized carbons (Fsp3) is 0.381. The van der Waals surface area contributed by atoms with Gasteiger partial charge in [-0.2, -0.15) is 0 Å². The van der Waals surface area contributed by atoms with Crippen molar-refractivity contribution in [3.05, 3.63) is 82.9 Å². The van der Waals surface area contributed by atoms with Crippen LogP contribution < -0.4 is 0 Å². The molecule has 0 spiro atoms. The highest BCUT2D eigenvalue weighted by atomic mass is 16.3. The Kier molecular flexibility index (Phi) is 14.6. The van der Waals surface area contributed by atoms with Crippen molar-refractivity contribution in [3.8, 4) is 57.1 Å². The topological polar surface area (TPSA) is 196 Å². The lowest BCUT2D eigenvalue weighted by molar-refractivity contribution is 0.0964. The number of aryl methyl sites for hydroxylation is 2. The number of unbranched alkanes of at least 4 members (excludes halogenated alkanes) is 10. The predicted molar refractivity (Wildman–Crippen MR) is 199 cm³/mol. The summed E-state index contributed by atoms with van der Waals surface area (Å²) in [4.78, 5) is 24.8. The first-order chi connectivity index (χ1) is 25.0. The Balaban J connectivity index is 1.22. The van der Waals surface area contributed by atoms with Crippen molar-refractivity contribution in [1.82, 2.24) is 0 Å². The van der Waals surface area contributed by atoms with Crippen LogP contribution in [0.2, 0.25) is 0 Å². The van der Waals surface area contributed by atoms with Crippen molar-refractivity contribution in [3.63, 3.8) is 0 Å². The highest BCUT2D eigenvalue weighted by Gasteiger charge is 2.19. The van der Waals surface area contributed by atoms with Gasteiger partial charge < -0.3 is 40.9 Å². The number of Topliss-reactive ketones (excluding diaryl/α,β-unsaturated/α-hetero) is 2. The summed E-state index contributed by atoms with van der Waals surface area (Å²) in [7, 11) is 0. The minimum atomic E-state index is -0.325. The van der Waals surface area contributed by atoms with Gasteiger partial charge in [-0.1, -0.05) is 63.5 Å². The second-order valence-corrected chi connectivity index (χ2v) is 13.4. The molecule has 0 aliphatic heterocycles. The molecule has 0 aliphatic rings. The number of phenolic OH excluding ortho intramolecular Hbond substituents is 8. The van der Waals surface area contributed by atoms with Gasteiger partial charge in [0.2, 0.25) is 0 Å². The van der Waals surface area contributed by atoms with Crippen LogP contribution in [0.1, 0.15) is 122 Å². The quantitative estimate of drug-likeness (QED) is 0.0234. The molecule has 8 N–H and O–H groups in total. The summed E-state index contributed by atoms with van der Waals surface area (Å²) in [5.74, 6) is -2.59. The average Bonchev–Trinajstić information content (AvgIpc) is 3.09. The van der Waals surface area contributed by atoms with Crippen molar-refractivity contribution < 1.29 is 50.4 Å². The van der Waals surface area contributed by atoms with Crippen LogP contribution in [0.25, 0.3) is 11.1 Å². The molecular weight excluding hydrogens is 664 g/mol. The Labute approximate surface area is 304 Å². The first-order valence-corrected chi connectivity index (χ1v) is 18.2. The lowest BCUT2D eigenvalue weighted by Crippen LogP contribution is -2.00. The number of aromatic hydroxyl groups is 8. The van der Waals surface area contributed by atoms with Gasteiger partial charge in [0, 0.05) is 18.4 Å². The van der Waals surface area contributed by atoms with E-state index in [1.54, 1.807) is 6.07 Å². The Morgan fingerprint density at radius 2 is 0.827 bits per heavy atom. The molecule has 0 saturated carbocycles. The molecule has 0 radical (unpaired) electrons. The molecule has 4 aromatic rings. The monoisotopic (exact) mass is 714 g/mol. The number of hydrogen-bond acceptors (Lipinski definition) is 10. The van der Waals surface area contributed by atoms with E-state index >= 15 is 0 Å². The van der Waals surface area contributed by atoms with E-state index in [1.165, 1.54) is 54.6 Å². The SMILES string of the molecule is O=C(CCCCCCCCc1cc(O)c(O)c(-c2cc(O)c(O)cc2CCCCCCCCC(=O)c2c(O)cccc2O)c1)c1c(O)cccc1O. The van der Waals surface area contributed by atoms with Gasteiger partial charge >= 0.3 is 0 Å². The second kappa shape index (κ2) is 19.3. The molecule has 4 aromatic carbocycles. The normalized spacial score (nSPS) is 11.2. The zero-order valence-corrected chi connectivity index (χ0v) is 29.5. The van der Waals surface area contributed by atoms with Gasteiger partial charge in [0.15, 0.2) is 34.6 Å². The van der Waals surface area contributed by atoms with Crippen molar-refractivity contribution in [2.75, 3.05) is 0 Å². The highest BCUT2D eigenvalue weighted by Crippen LogP contribution is 2.43. The van der Waals surface area contributed by atoms with Gasteiger partial charge in [0.1, 0.15) is 34.1 Å². The molecule has 278 valence electrons. The van der Waals surface area contributed by atoms with E-state index in [9.17, 15) is 50.4 Å². The molecule has 52 heavy (non-hydrogen) atoms. The van der Waals surface area contributed by atoms with Crippen LogP contribution in [0.5, 0.6) is 46.0 Å². The molecule has 4 rings (SSSR count). The third kappa shape index (κ3) is 10.8. The molecule has 0 aliphatic carbocycles. The van der Waals surface area contributed by atoms with Crippen LogP contribution >= 0.6 is 0 Å². The minimum absolute atomic E-state index is 0.0291. The van der Waals surface area contributed by atoms with E-state index in [-0.39, 0.29) is 81.5 Å². The van der Waals surface area contributed by atoms with Crippen LogP contribution in [0, 0.1) is 0 Å². The van der Waals surface area contributed by atoms with Gasteiger partial charge in [-0.05, 0) is 104 Å². The van der Waals surface area contributed by atoms with Crippen molar-refractivity contribution in [2.24, 2.45) is 0 Å². The maximum atomic E-state index is 12.4. The lowest BCUT2D eigenvalue weighted by atomic mass is 9.92. The number of hydrogen-bond donors (Lipinski definition) is 8. The fourth-order valence-corrected chi connectivity index (χ4v) is 6.61. The summed E-state index contributed by atoms with van der Waals surface area (Å²) < 4.78 is 0. The van der Waals surface area contributed by atoms with Crippen LogP contribution in [0.4, 0.5) is 0 Å². The molecule has 0 aromatic heterocycles. The molecule has 0 bridgehead atoms. The number of carbonyl (C=O) groups excluding carboxylic acids is 2. The first kappa shape index (κ1) is 39.4. The molecule has 0 unspecified atom stereocenters. The Morgan fingerprint density at radius 3 is 1.33 bits per heavy atom. The van der Waals surface area contributed by atoms with E-state index in [1.807, 2.05) is 0 Å². The minimum Gasteiger partial charge on any atom is -0.507 e. The number of rotatable bonds is 21. The maximum Gasteiger partial charge on any atom is 0.170 e. The van der Waals surface area contributed by atoms with E-state index in [0.717, 1.165) is 75.3 Å². The number of carbonyl (C=O) groups is 2. The van der Waals surface area contributed by atoms with Crippen LogP contribution in [0.3, 0.4) is 0 Å². The third-order valence-electron chi connectivity index (χ3n) is 9.46. The van der Waals surface area contributed by atoms with Gasteiger partial charge in [-0.3, -0.25) is 9.59 Å². The molecule has 0 saturated heterocycles. The van der Waals surface area contributed by atoms with Crippen molar-refractivity contribution in [1.29, 1.82) is 0 Å². The highest BCUT2D eigenvalue weighted by molar-refractivity contribution is 6.01. The van der Waals surface area contributed by atoms with E-state index in [4.69, 9.17) is 0 Å². The van der Waals surface area contributed by atoms with Crippen molar-refractivity contribution in [2.45, 2.75) is 103 Å². The Bertz CT molecular complexity index is 1790. The number of benzene rings is 4. The van der Waals surface area contributed by atoms with Gasteiger partial charge in [0.25, 0.3) is 0 Å². The van der Waals surface area contributed by atoms with Crippen LogP contribution in [0.15, 0.2) is 60.7 Å². The molecular formula is C42H50O10. The largest absolute Gasteiger partial charge is 0.507 e. The van der Waals surface area contributed by atoms with Gasteiger partial charge in [-0.15, -0.1) is 0 Å². The zero-order valence-electron chi connectivity index (χ0n) is 29.5. The summed E-state index contributed by atoms with van der Waals surface area (Å²) in [6.45, 7) is 0. The van der Waals surface area contributed by atoms with Crippen LogP contribution in [-0.4, -0.2) is 52.4 Å². The van der Waals surface area contributed by atoms with Gasteiger partial charge in [0.05, 0.1) is 0 Å². The number of phenols is 8. The predicted octanol–water partition coefficient (Wildman–Crippen LogP) is 9.31. The summed E-state index contributed by atoms with van der Waals surface area (Å²) in [5, 5.41) is 81.6. The second-order valence-electron chi connectivity index (χ2n) is 13.4. The Hall–Kier alpha value is -5.38. The van der Waals surface area contributed by atoms with E-state index in [0.29, 0.717) is 36.8 Å². The van der Waals surface area contributed by atoms with Crippen molar-refractivity contribution >= 4 is 11.6 Å². The first-order valence-electron chi connectivity index (χ1n) is 18.2. The summed E-state index contributed by atoms with van der Waals surface area (Å²) in [6.07, 6.45) is 11.8. The summed E-state index contributed by atoms with van der Waals surface area (Å²) in [5.41, 5.74) is 2.39. The molecule has 0 fully saturated rings. The van der Waals surface area contributed by atoms with Crippen LogP contribution in [-0.2, 0) is 12.8 Å². The molecule has 10 heteroatoms. The molecule has 0 heterocycles. The van der Waals surface area contributed by atoms with E-state index in [2.05, 4.69) is 0 Å². The zero-order chi connectivity index (χ0) is 37.6. The molecule has 0 atom stereocenters. The molecule has 10 nitrogen and oxygen atoms in total. The lowest BCUT2D eigenvalue weighted by Gasteiger charge is -2.15. The number of ketones is 2. The maximum absolute atomic E-state index is 12.4. The smallest absolute Gasteiger partial charge is 0.170 e. The standard InChI is InChI=1S/C42H50O10/c43-31(40-33(45)19-13-20-34(40)46)17-11-7-3-1-5-9-15-27-23-30(42(52)39(51)24-27)29-26-38(50)37(49)25-28(29)16-10-6-2-4-8-12-18-32(44)41-35(47)21-14-22-36(41)48/h13-14,19-26,45-52H,1-12,15-18H2. The fourth-order valence-electron chi connectivity index (χ4n) is 6.61. The third-order valence-corrected chi connectivity index (χ3v) is 9.46. The van der Waals surface area contributed by atoms with E-state index < -0.39 is 0 Å². The van der Waals surface area contributed by atoms with Gasteiger partial charge in [-0.25, -0.2) is 0 Å². The summed E-state index contributed by atoms with van der Waals surface area (Å²) >= 11 is 0. The Morgan fingerprint density at radius 1 is 0.404 bits per heavy atom. The average molecular weight is 715 g/mol. The molecule has 0 amide bonds.